The lowest BCUT2D eigenvalue weighted by atomic mass is 9.94. The maximum Gasteiger partial charge on any atom is 0.283 e. The second kappa shape index (κ2) is 8.45. The van der Waals surface area contributed by atoms with E-state index >= 15 is 0 Å². The Hall–Kier alpha value is -3.36. The topological polar surface area (TPSA) is 97.7 Å². The van der Waals surface area contributed by atoms with E-state index in [1.807, 2.05) is 13.8 Å². The maximum atomic E-state index is 13.4. The smallest absolute Gasteiger partial charge is 0.283 e. The number of rotatable bonds is 4. The minimum Gasteiger partial charge on any atom is -0.288 e. The molecule has 0 atom stereocenters. The number of nitrogens with zero attached hydrogens (tertiary/aromatic N) is 1. The molecule has 174 valence electrons. The van der Waals surface area contributed by atoms with Gasteiger partial charge in [-0.15, -0.1) is 0 Å². The summed E-state index contributed by atoms with van der Waals surface area (Å²) in [4.78, 5) is 12.7. The summed E-state index contributed by atoms with van der Waals surface area (Å²) in [5.74, 6) is -0.699. The van der Waals surface area contributed by atoms with Crippen LogP contribution in [0.5, 0.6) is 0 Å². The minimum atomic E-state index is -4.21. The number of sulfonamides is 1. The Morgan fingerprint density at radius 2 is 1.26 bits per heavy atom. The van der Waals surface area contributed by atoms with Crippen molar-refractivity contribution in [1.82, 2.24) is 0 Å². The molecule has 0 heterocycles. The summed E-state index contributed by atoms with van der Waals surface area (Å²) < 4.78 is 57.5. The maximum absolute atomic E-state index is 13.4. The summed E-state index contributed by atoms with van der Waals surface area (Å²) in [6.45, 7) is 7.07. The van der Waals surface area contributed by atoms with Gasteiger partial charge in [0.15, 0.2) is 0 Å². The van der Waals surface area contributed by atoms with Crippen molar-refractivity contribution in [2.24, 2.45) is 4.40 Å². The number of carbonyl (C=O) groups is 1. The zero-order valence-electron chi connectivity index (χ0n) is 19.2. The SMILES string of the molecule is Cc1ccc(S(=O)(=O)C2=CC(=NS(=O)(=O)c3c(C)cc(C)cc3C)c3ccccc3C2=O)cc1. The Balaban J connectivity index is 1.96. The van der Waals surface area contributed by atoms with Crippen LogP contribution in [-0.4, -0.2) is 28.3 Å². The largest absolute Gasteiger partial charge is 0.288 e. The van der Waals surface area contributed by atoms with Crippen LogP contribution in [0, 0.1) is 27.7 Å². The predicted molar refractivity (Wildman–Crippen MR) is 132 cm³/mol. The highest BCUT2D eigenvalue weighted by Crippen LogP contribution is 2.31. The third kappa shape index (κ3) is 4.15. The van der Waals surface area contributed by atoms with Gasteiger partial charge in [0, 0.05) is 11.1 Å². The molecule has 0 saturated heterocycles. The molecule has 4 rings (SSSR count). The molecule has 0 aliphatic heterocycles. The lowest BCUT2D eigenvalue weighted by molar-refractivity contribution is 0.104. The van der Waals surface area contributed by atoms with Crippen LogP contribution in [0.25, 0.3) is 0 Å². The van der Waals surface area contributed by atoms with Crippen LogP contribution in [0.3, 0.4) is 0 Å². The Bertz CT molecular complexity index is 1590. The van der Waals surface area contributed by atoms with Crippen molar-refractivity contribution in [3.05, 3.63) is 105 Å². The molecular formula is C26H23NO5S2. The number of hydrogen-bond donors (Lipinski definition) is 0. The van der Waals surface area contributed by atoms with E-state index in [0.717, 1.165) is 17.2 Å². The standard InChI is InChI=1S/C26H23NO5S2/c1-16-9-11-20(12-10-16)33(29,30)24-15-23(21-7-5-6-8-22(21)25(24)28)27-34(31,32)26-18(3)13-17(2)14-19(26)4/h5-15H,1-4H3. The molecule has 0 spiro atoms. The minimum absolute atomic E-state index is 0.0514. The molecule has 0 aromatic heterocycles. The molecule has 0 amide bonds. The van der Waals surface area contributed by atoms with Crippen molar-refractivity contribution in [2.45, 2.75) is 37.5 Å². The van der Waals surface area contributed by atoms with E-state index in [1.165, 1.54) is 18.2 Å². The van der Waals surface area contributed by atoms with E-state index in [4.69, 9.17) is 0 Å². The van der Waals surface area contributed by atoms with E-state index in [2.05, 4.69) is 4.40 Å². The molecule has 0 bridgehead atoms. The fourth-order valence-electron chi connectivity index (χ4n) is 4.17. The molecule has 0 radical (unpaired) electrons. The highest BCUT2D eigenvalue weighted by molar-refractivity contribution is 7.96. The van der Waals surface area contributed by atoms with Crippen LogP contribution in [0.2, 0.25) is 0 Å². The molecule has 8 heteroatoms. The van der Waals surface area contributed by atoms with E-state index in [-0.39, 0.29) is 26.6 Å². The van der Waals surface area contributed by atoms with Crippen LogP contribution in [0.1, 0.15) is 38.2 Å². The first-order valence-corrected chi connectivity index (χ1v) is 13.4. The Morgan fingerprint density at radius 1 is 0.706 bits per heavy atom. The molecule has 1 aliphatic carbocycles. The van der Waals surface area contributed by atoms with Crippen LogP contribution in [0.15, 0.2) is 85.8 Å². The van der Waals surface area contributed by atoms with Gasteiger partial charge in [-0.05, 0) is 57.0 Å². The first-order chi connectivity index (χ1) is 15.9. The Kier molecular flexibility index (Phi) is 5.91. The number of ketones is 1. The Labute approximate surface area is 199 Å². The third-order valence-corrected chi connectivity index (χ3v) is 9.01. The summed E-state index contributed by atoms with van der Waals surface area (Å²) >= 11 is 0. The average Bonchev–Trinajstić information content (AvgIpc) is 2.75. The molecule has 0 unspecified atom stereocenters. The molecule has 1 aliphatic rings. The number of aryl methyl sites for hydroxylation is 4. The highest BCUT2D eigenvalue weighted by atomic mass is 32.2. The van der Waals surface area contributed by atoms with Crippen molar-refractivity contribution in [3.63, 3.8) is 0 Å². The fourth-order valence-corrected chi connectivity index (χ4v) is 6.98. The van der Waals surface area contributed by atoms with Crippen molar-refractivity contribution in [2.75, 3.05) is 0 Å². The molecule has 0 fully saturated rings. The van der Waals surface area contributed by atoms with Crippen molar-refractivity contribution in [3.8, 4) is 0 Å². The summed E-state index contributed by atoms with van der Waals surface area (Å²) in [6, 6.07) is 15.9. The second-order valence-electron chi connectivity index (χ2n) is 8.38. The van der Waals surface area contributed by atoms with Gasteiger partial charge in [-0.3, -0.25) is 4.79 Å². The number of allylic oxidation sites excluding steroid dienone is 2. The van der Waals surface area contributed by atoms with Crippen molar-refractivity contribution in [1.29, 1.82) is 0 Å². The summed E-state index contributed by atoms with van der Waals surface area (Å²) in [7, 11) is -8.41. The lowest BCUT2D eigenvalue weighted by Crippen LogP contribution is -2.23. The van der Waals surface area contributed by atoms with Gasteiger partial charge in [-0.25, -0.2) is 8.42 Å². The number of hydrogen-bond acceptors (Lipinski definition) is 5. The molecule has 34 heavy (non-hydrogen) atoms. The summed E-state index contributed by atoms with van der Waals surface area (Å²) in [5.41, 5.74) is 3.12. The summed E-state index contributed by atoms with van der Waals surface area (Å²) in [6.07, 6.45) is 1.07. The number of benzene rings is 3. The van der Waals surface area contributed by atoms with E-state index < -0.39 is 30.5 Å². The fraction of sp³-hybridized carbons (Fsp3) is 0.154. The van der Waals surface area contributed by atoms with Gasteiger partial charge in [-0.1, -0.05) is 59.7 Å². The van der Waals surface area contributed by atoms with E-state index in [9.17, 15) is 21.6 Å². The first kappa shape index (κ1) is 23.8. The number of sulfone groups is 1. The van der Waals surface area contributed by atoms with Crippen LogP contribution >= 0.6 is 0 Å². The monoisotopic (exact) mass is 493 g/mol. The third-order valence-electron chi connectivity index (χ3n) is 5.64. The van der Waals surface area contributed by atoms with Gasteiger partial charge in [0.05, 0.1) is 15.5 Å². The van der Waals surface area contributed by atoms with Gasteiger partial charge in [0.25, 0.3) is 10.0 Å². The number of Topliss-reactive ketones (excluding diaryl/α,β-unsaturated/α-hetero) is 1. The van der Waals surface area contributed by atoms with Crippen LogP contribution in [-0.2, 0) is 19.9 Å². The Morgan fingerprint density at radius 3 is 1.85 bits per heavy atom. The molecule has 6 nitrogen and oxygen atoms in total. The predicted octanol–water partition coefficient (Wildman–Crippen LogP) is 4.65. The first-order valence-electron chi connectivity index (χ1n) is 10.5. The molecule has 3 aromatic carbocycles. The number of carbonyl (C=O) groups excluding carboxylic acids is 1. The zero-order chi connectivity index (χ0) is 24.8. The van der Waals surface area contributed by atoms with Crippen LogP contribution in [0.4, 0.5) is 0 Å². The average molecular weight is 494 g/mol. The normalized spacial score (nSPS) is 15.2. The van der Waals surface area contributed by atoms with E-state index in [0.29, 0.717) is 11.1 Å². The lowest BCUT2D eigenvalue weighted by Gasteiger charge is -2.18. The number of fused-ring (bicyclic) bond motifs is 1. The van der Waals surface area contributed by atoms with Gasteiger partial charge in [0.2, 0.25) is 15.6 Å². The molecule has 0 N–H and O–H groups in total. The van der Waals surface area contributed by atoms with Gasteiger partial charge in [-0.2, -0.15) is 12.8 Å². The molecule has 3 aromatic rings. The highest BCUT2D eigenvalue weighted by Gasteiger charge is 2.34. The summed E-state index contributed by atoms with van der Waals surface area (Å²) in [5, 5.41) is 0. The van der Waals surface area contributed by atoms with Crippen molar-refractivity contribution < 1.29 is 21.6 Å². The van der Waals surface area contributed by atoms with Crippen LogP contribution < -0.4 is 0 Å². The van der Waals surface area contributed by atoms with E-state index in [1.54, 1.807) is 56.3 Å². The van der Waals surface area contributed by atoms with Crippen molar-refractivity contribution >= 4 is 31.4 Å². The van der Waals surface area contributed by atoms with Gasteiger partial charge < -0.3 is 0 Å². The van der Waals surface area contributed by atoms with Gasteiger partial charge in [0.1, 0.15) is 4.91 Å². The van der Waals surface area contributed by atoms with Gasteiger partial charge >= 0.3 is 0 Å². The molecular weight excluding hydrogens is 470 g/mol. The molecule has 0 saturated carbocycles. The quantitative estimate of drug-likeness (QED) is 0.527. The second-order valence-corrected chi connectivity index (χ2v) is 11.8. The zero-order valence-corrected chi connectivity index (χ0v) is 20.8.